The molecule has 0 unspecified atom stereocenters. The molecule has 4 aromatic rings. The molecule has 2 nitrogen and oxygen atoms in total. The lowest BCUT2D eigenvalue weighted by Gasteiger charge is -1.98. The zero-order chi connectivity index (χ0) is 20.4. The van der Waals surface area contributed by atoms with E-state index in [9.17, 15) is 0 Å². The van der Waals surface area contributed by atoms with Gasteiger partial charge in [-0.2, -0.15) is 10.2 Å². The average molecular weight is 386 g/mol. The molecule has 0 heterocycles. The van der Waals surface area contributed by atoms with Crippen molar-refractivity contribution in [3.05, 3.63) is 131 Å². The third-order valence-electron chi connectivity index (χ3n) is 4.56. The van der Waals surface area contributed by atoms with Gasteiger partial charge in [-0.25, -0.2) is 0 Å². The summed E-state index contributed by atoms with van der Waals surface area (Å²) in [6, 6.07) is 36.6. The highest BCUT2D eigenvalue weighted by atomic mass is 15.1. The molecule has 0 saturated carbocycles. The van der Waals surface area contributed by atoms with Gasteiger partial charge in [-0.1, -0.05) is 109 Å². The van der Waals surface area contributed by atoms with Crippen molar-refractivity contribution >= 4 is 35.7 Å². The first kappa shape index (κ1) is 19.3. The number of nitrogens with zero attached hydrogens (tertiary/aromatic N) is 2. The van der Waals surface area contributed by atoms with Gasteiger partial charge in [0.05, 0.1) is 11.4 Å². The molecule has 4 aromatic carbocycles. The van der Waals surface area contributed by atoms with Crippen molar-refractivity contribution in [2.45, 2.75) is 0 Å². The van der Waals surface area contributed by atoms with Gasteiger partial charge in [-0.05, 0) is 46.5 Å². The Balaban J connectivity index is 1.46. The Morgan fingerprint density at radius 1 is 0.367 bits per heavy atom. The van der Waals surface area contributed by atoms with Crippen molar-refractivity contribution in [2.75, 3.05) is 0 Å². The van der Waals surface area contributed by atoms with E-state index >= 15 is 0 Å². The van der Waals surface area contributed by atoms with Crippen LogP contribution in [0.3, 0.4) is 0 Å². The number of benzene rings is 4. The maximum Gasteiger partial charge on any atom is 0.0863 e. The zero-order valence-corrected chi connectivity index (χ0v) is 16.6. The minimum atomic E-state index is 0.829. The summed E-state index contributed by atoms with van der Waals surface area (Å²) in [5, 5.41) is 8.84. The average Bonchev–Trinajstić information content (AvgIpc) is 2.82. The lowest BCUT2D eigenvalue weighted by molar-refractivity contribution is 1.23. The number of hydrogen-bond donors (Lipinski definition) is 0. The molecule has 0 radical (unpaired) electrons. The first-order chi connectivity index (χ1) is 14.8. The molecule has 2 heteroatoms. The third-order valence-corrected chi connectivity index (χ3v) is 4.56. The van der Waals surface area contributed by atoms with Crippen molar-refractivity contribution in [3.63, 3.8) is 0 Å². The predicted molar refractivity (Wildman–Crippen MR) is 128 cm³/mol. The largest absolute Gasteiger partial charge is 0.151 e. The van der Waals surface area contributed by atoms with Gasteiger partial charge in [0.15, 0.2) is 0 Å². The fourth-order valence-electron chi connectivity index (χ4n) is 3.01. The Morgan fingerprint density at radius 3 is 1.17 bits per heavy atom. The maximum absolute atomic E-state index is 4.42. The summed E-state index contributed by atoms with van der Waals surface area (Å²) in [7, 11) is 0. The van der Waals surface area contributed by atoms with Crippen LogP contribution in [0.2, 0.25) is 0 Å². The topological polar surface area (TPSA) is 24.7 Å². The normalized spacial score (nSPS) is 11.6. The maximum atomic E-state index is 4.42. The molecule has 144 valence electrons. The van der Waals surface area contributed by atoms with Crippen LogP contribution in [0.1, 0.15) is 22.3 Å². The molecule has 4 rings (SSSR count). The van der Waals surface area contributed by atoms with E-state index in [-0.39, 0.29) is 0 Å². The van der Waals surface area contributed by atoms with Crippen LogP contribution in [-0.2, 0) is 0 Å². The monoisotopic (exact) mass is 386 g/mol. The minimum absolute atomic E-state index is 0.829. The lowest BCUT2D eigenvalue weighted by Crippen LogP contribution is -1.74. The summed E-state index contributed by atoms with van der Waals surface area (Å²) in [5.74, 6) is 0. The number of hydrogen-bond acceptors (Lipinski definition) is 2. The molecule has 0 N–H and O–H groups in total. The van der Waals surface area contributed by atoms with Gasteiger partial charge in [-0.3, -0.25) is 0 Å². The summed E-state index contributed by atoms with van der Waals surface area (Å²) < 4.78 is 0. The fourth-order valence-corrected chi connectivity index (χ4v) is 3.01. The SMILES string of the molecule is C(=Cc1cccc(N=Nc2cccc(C=Cc3ccccc3)c2)c1)c1ccccc1. The molecule has 0 atom stereocenters. The Labute approximate surface area is 177 Å². The molecule has 0 aromatic heterocycles. The van der Waals surface area contributed by atoms with Gasteiger partial charge >= 0.3 is 0 Å². The van der Waals surface area contributed by atoms with Crippen LogP contribution in [0.15, 0.2) is 119 Å². The van der Waals surface area contributed by atoms with Crippen molar-refractivity contribution in [2.24, 2.45) is 10.2 Å². The summed E-state index contributed by atoms with van der Waals surface area (Å²) >= 11 is 0. The number of rotatable bonds is 6. The van der Waals surface area contributed by atoms with E-state index in [1.807, 2.05) is 72.8 Å². The highest BCUT2D eigenvalue weighted by molar-refractivity contribution is 5.71. The third kappa shape index (κ3) is 5.73. The Bertz CT molecular complexity index is 1080. The quantitative estimate of drug-likeness (QED) is 0.235. The zero-order valence-electron chi connectivity index (χ0n) is 16.6. The van der Waals surface area contributed by atoms with Crippen molar-refractivity contribution in [1.82, 2.24) is 0 Å². The first-order valence-corrected chi connectivity index (χ1v) is 9.93. The van der Waals surface area contributed by atoms with Crippen LogP contribution in [0.5, 0.6) is 0 Å². The van der Waals surface area contributed by atoms with Crippen LogP contribution in [-0.4, -0.2) is 0 Å². The molecule has 30 heavy (non-hydrogen) atoms. The molecule has 0 aliphatic rings. The van der Waals surface area contributed by atoms with Gasteiger partial charge < -0.3 is 0 Å². The van der Waals surface area contributed by atoms with Crippen LogP contribution in [0, 0.1) is 0 Å². The minimum Gasteiger partial charge on any atom is -0.151 e. The Morgan fingerprint density at radius 2 is 0.733 bits per heavy atom. The van der Waals surface area contributed by atoms with Crippen molar-refractivity contribution < 1.29 is 0 Å². The first-order valence-electron chi connectivity index (χ1n) is 9.93. The lowest BCUT2D eigenvalue weighted by atomic mass is 10.1. The van der Waals surface area contributed by atoms with E-state index in [2.05, 4.69) is 70.9 Å². The van der Waals surface area contributed by atoms with E-state index in [0.717, 1.165) is 22.5 Å². The van der Waals surface area contributed by atoms with Gasteiger partial charge in [0.2, 0.25) is 0 Å². The molecule has 0 saturated heterocycles. The van der Waals surface area contributed by atoms with E-state index in [1.165, 1.54) is 11.1 Å². The van der Waals surface area contributed by atoms with Crippen LogP contribution < -0.4 is 0 Å². The van der Waals surface area contributed by atoms with Crippen LogP contribution in [0.4, 0.5) is 11.4 Å². The van der Waals surface area contributed by atoms with Crippen molar-refractivity contribution in [3.8, 4) is 0 Å². The molecule has 0 aliphatic carbocycles. The molecule has 0 amide bonds. The second-order valence-corrected chi connectivity index (χ2v) is 6.88. The molecular formula is C28H22N2. The standard InChI is InChI=1S/C28H22N2/c1-3-9-23(10-4-1)17-19-25-13-7-15-27(21-25)29-30-28-16-8-14-26(22-28)20-18-24-11-5-2-6-12-24/h1-22H. The Kier molecular flexibility index (Phi) is 6.39. The van der Waals surface area contributed by atoms with Crippen LogP contribution >= 0.6 is 0 Å². The van der Waals surface area contributed by atoms with Gasteiger partial charge in [0, 0.05) is 0 Å². The molecule has 0 spiro atoms. The number of azo groups is 1. The second kappa shape index (κ2) is 9.94. The molecule has 0 fully saturated rings. The molecular weight excluding hydrogens is 364 g/mol. The van der Waals surface area contributed by atoms with Gasteiger partial charge in [-0.15, -0.1) is 0 Å². The van der Waals surface area contributed by atoms with E-state index in [0.29, 0.717) is 0 Å². The summed E-state index contributed by atoms with van der Waals surface area (Å²) in [6.07, 6.45) is 8.37. The molecule has 0 bridgehead atoms. The van der Waals surface area contributed by atoms with Gasteiger partial charge in [0.1, 0.15) is 0 Å². The second-order valence-electron chi connectivity index (χ2n) is 6.88. The predicted octanol–water partition coefficient (Wildman–Crippen LogP) is 8.44. The Hall–Kier alpha value is -4.04. The summed E-state index contributed by atoms with van der Waals surface area (Å²) in [4.78, 5) is 0. The van der Waals surface area contributed by atoms with E-state index in [1.54, 1.807) is 0 Å². The smallest absolute Gasteiger partial charge is 0.0863 e. The summed E-state index contributed by atoms with van der Waals surface area (Å²) in [6.45, 7) is 0. The molecule has 0 aliphatic heterocycles. The fraction of sp³-hybridized carbons (Fsp3) is 0. The van der Waals surface area contributed by atoms with Gasteiger partial charge in [0.25, 0.3) is 0 Å². The van der Waals surface area contributed by atoms with E-state index < -0.39 is 0 Å². The van der Waals surface area contributed by atoms with E-state index in [4.69, 9.17) is 0 Å². The highest BCUT2D eigenvalue weighted by Gasteiger charge is 1.95. The van der Waals surface area contributed by atoms with Crippen LogP contribution in [0.25, 0.3) is 24.3 Å². The highest BCUT2D eigenvalue weighted by Crippen LogP contribution is 2.22. The van der Waals surface area contributed by atoms with Crippen molar-refractivity contribution in [1.29, 1.82) is 0 Å². The summed E-state index contributed by atoms with van der Waals surface area (Å²) in [5.41, 5.74) is 6.19.